The Morgan fingerprint density at radius 1 is 1.29 bits per heavy atom. The van der Waals surface area contributed by atoms with Crippen molar-refractivity contribution in [3.05, 3.63) is 56.7 Å². The molecule has 120 valence electrons. The monoisotopic (exact) mass is 445 g/mol. The van der Waals surface area contributed by atoms with E-state index in [1.54, 1.807) is 6.08 Å². The van der Waals surface area contributed by atoms with E-state index in [0.29, 0.717) is 18.0 Å². The van der Waals surface area contributed by atoms with Crippen molar-refractivity contribution in [1.29, 1.82) is 5.26 Å². The second-order valence-corrected chi connectivity index (χ2v) is 6.73. The first-order chi connectivity index (χ1) is 11.6. The molecule has 0 aliphatic carbocycles. The highest BCUT2D eigenvalue weighted by molar-refractivity contribution is 9.11. The quantitative estimate of drug-likeness (QED) is 0.534. The molecule has 0 amide bonds. The lowest BCUT2D eigenvalue weighted by atomic mass is 10.1. The number of aromatic amines is 1. The molecule has 0 aliphatic rings. The van der Waals surface area contributed by atoms with Crippen molar-refractivity contribution in [2.24, 2.45) is 0 Å². The number of nitrogens with one attached hydrogen (secondary N) is 1. The SMILES string of the molecule is CCOc1c(Br)cc(/C=C(\C#N)c2nc3ccccc3[nH]2)cc1Br. The summed E-state index contributed by atoms with van der Waals surface area (Å²) in [6.45, 7) is 2.51. The number of benzene rings is 2. The second kappa shape index (κ2) is 7.20. The van der Waals surface area contributed by atoms with Crippen LogP contribution in [0.25, 0.3) is 22.7 Å². The van der Waals surface area contributed by atoms with Gasteiger partial charge >= 0.3 is 0 Å². The molecular formula is C18H13Br2N3O. The lowest BCUT2D eigenvalue weighted by Crippen LogP contribution is -1.94. The Morgan fingerprint density at radius 3 is 2.62 bits per heavy atom. The fourth-order valence-electron chi connectivity index (χ4n) is 2.35. The summed E-state index contributed by atoms with van der Waals surface area (Å²) in [4.78, 5) is 7.66. The van der Waals surface area contributed by atoms with Gasteiger partial charge in [-0.1, -0.05) is 12.1 Å². The number of hydrogen-bond acceptors (Lipinski definition) is 3. The van der Waals surface area contributed by atoms with Gasteiger partial charge in [0, 0.05) is 0 Å². The lowest BCUT2D eigenvalue weighted by molar-refractivity contribution is 0.336. The summed E-state index contributed by atoms with van der Waals surface area (Å²) < 4.78 is 7.23. The number of rotatable bonds is 4. The Hall–Kier alpha value is -2.10. The standard InChI is InChI=1S/C18H13Br2N3O/c1-2-24-17-13(19)8-11(9-14(17)20)7-12(10-21)18-22-15-5-3-4-6-16(15)23-18/h3-9H,2H2,1H3,(H,22,23)/b12-7+. The Labute approximate surface area is 156 Å². The molecular weight excluding hydrogens is 434 g/mol. The number of nitrogens with zero attached hydrogens (tertiary/aromatic N) is 2. The van der Waals surface area contributed by atoms with E-state index >= 15 is 0 Å². The minimum atomic E-state index is 0.467. The molecule has 0 bridgehead atoms. The lowest BCUT2D eigenvalue weighted by Gasteiger charge is -2.09. The van der Waals surface area contributed by atoms with Crippen molar-refractivity contribution in [3.63, 3.8) is 0 Å². The van der Waals surface area contributed by atoms with E-state index < -0.39 is 0 Å². The van der Waals surface area contributed by atoms with E-state index in [4.69, 9.17) is 4.74 Å². The van der Waals surface area contributed by atoms with Gasteiger partial charge < -0.3 is 9.72 Å². The summed E-state index contributed by atoms with van der Waals surface area (Å²) in [7, 11) is 0. The predicted octanol–water partition coefficient (Wildman–Crippen LogP) is 5.55. The number of nitriles is 1. The summed E-state index contributed by atoms with van der Waals surface area (Å²) >= 11 is 7.01. The zero-order valence-electron chi connectivity index (χ0n) is 12.8. The fourth-order valence-corrected chi connectivity index (χ4v) is 3.80. The highest BCUT2D eigenvalue weighted by Gasteiger charge is 2.11. The smallest absolute Gasteiger partial charge is 0.149 e. The van der Waals surface area contributed by atoms with Gasteiger partial charge in [-0.2, -0.15) is 5.26 Å². The maximum Gasteiger partial charge on any atom is 0.149 e. The average molecular weight is 447 g/mol. The van der Waals surface area contributed by atoms with Crippen molar-refractivity contribution in [2.45, 2.75) is 6.92 Å². The maximum atomic E-state index is 9.52. The fraction of sp³-hybridized carbons (Fsp3) is 0.111. The van der Waals surface area contributed by atoms with Gasteiger partial charge in [0.05, 0.1) is 32.2 Å². The number of hydrogen-bond donors (Lipinski definition) is 1. The molecule has 0 radical (unpaired) electrons. The summed E-state index contributed by atoms with van der Waals surface area (Å²) in [6.07, 6.45) is 1.79. The van der Waals surface area contributed by atoms with Crippen LogP contribution in [-0.2, 0) is 0 Å². The van der Waals surface area contributed by atoms with Gasteiger partial charge in [0.25, 0.3) is 0 Å². The maximum absolute atomic E-state index is 9.52. The third kappa shape index (κ3) is 3.37. The van der Waals surface area contributed by atoms with Crippen LogP contribution >= 0.6 is 31.9 Å². The average Bonchev–Trinajstić information content (AvgIpc) is 2.99. The molecule has 1 heterocycles. The van der Waals surface area contributed by atoms with Crippen LogP contribution < -0.4 is 4.74 Å². The predicted molar refractivity (Wildman–Crippen MR) is 103 cm³/mol. The van der Waals surface area contributed by atoms with Crippen LogP contribution in [0.15, 0.2) is 45.3 Å². The number of aromatic nitrogens is 2. The van der Waals surface area contributed by atoms with Gasteiger partial charge in [-0.3, -0.25) is 0 Å². The molecule has 0 fully saturated rings. The molecule has 0 aliphatic heterocycles. The molecule has 3 aromatic rings. The molecule has 3 rings (SSSR count). The van der Waals surface area contributed by atoms with E-state index in [1.165, 1.54) is 0 Å². The molecule has 0 saturated carbocycles. The zero-order chi connectivity index (χ0) is 17.1. The molecule has 1 aromatic heterocycles. The van der Waals surface area contributed by atoms with Crippen LogP contribution in [0.5, 0.6) is 5.75 Å². The molecule has 24 heavy (non-hydrogen) atoms. The van der Waals surface area contributed by atoms with Crippen molar-refractivity contribution < 1.29 is 4.74 Å². The molecule has 0 unspecified atom stereocenters. The Kier molecular flexibility index (Phi) is 5.03. The van der Waals surface area contributed by atoms with Crippen molar-refractivity contribution >= 4 is 54.5 Å². The Bertz CT molecular complexity index is 914. The molecule has 0 saturated heterocycles. The van der Waals surface area contributed by atoms with Crippen LogP contribution in [0.3, 0.4) is 0 Å². The number of ether oxygens (including phenoxy) is 1. The second-order valence-electron chi connectivity index (χ2n) is 5.02. The highest BCUT2D eigenvalue weighted by Crippen LogP contribution is 2.35. The van der Waals surface area contributed by atoms with Crippen LogP contribution in [-0.4, -0.2) is 16.6 Å². The van der Waals surface area contributed by atoms with Gasteiger partial charge in [0.15, 0.2) is 0 Å². The van der Waals surface area contributed by atoms with Crippen LogP contribution in [0.4, 0.5) is 0 Å². The number of allylic oxidation sites excluding steroid dienone is 1. The zero-order valence-corrected chi connectivity index (χ0v) is 16.0. The normalized spacial score (nSPS) is 11.5. The molecule has 6 heteroatoms. The van der Waals surface area contributed by atoms with Crippen molar-refractivity contribution in [2.75, 3.05) is 6.61 Å². The van der Waals surface area contributed by atoms with Gasteiger partial charge in [0.1, 0.15) is 17.6 Å². The Balaban J connectivity index is 2.03. The van der Waals surface area contributed by atoms with Gasteiger partial charge in [-0.05, 0) is 74.7 Å². The first kappa shape index (κ1) is 16.7. The number of imidazole rings is 1. The minimum Gasteiger partial charge on any atom is -0.492 e. The number of fused-ring (bicyclic) bond motifs is 1. The molecule has 0 spiro atoms. The number of H-pyrrole nitrogens is 1. The van der Waals surface area contributed by atoms with E-state index in [1.807, 2.05) is 43.3 Å². The van der Waals surface area contributed by atoms with Gasteiger partial charge in [-0.15, -0.1) is 0 Å². The summed E-state index contributed by atoms with van der Waals surface area (Å²) in [5.74, 6) is 1.30. The van der Waals surface area contributed by atoms with Crippen LogP contribution in [0, 0.1) is 11.3 Å². The first-order valence-corrected chi connectivity index (χ1v) is 8.89. The topological polar surface area (TPSA) is 61.7 Å². The third-order valence-electron chi connectivity index (χ3n) is 3.39. The van der Waals surface area contributed by atoms with E-state index in [-0.39, 0.29) is 0 Å². The van der Waals surface area contributed by atoms with Crippen LogP contribution in [0.2, 0.25) is 0 Å². The molecule has 2 aromatic carbocycles. The molecule has 0 atom stereocenters. The van der Waals surface area contributed by atoms with E-state index in [0.717, 1.165) is 31.3 Å². The highest BCUT2D eigenvalue weighted by atomic mass is 79.9. The first-order valence-electron chi connectivity index (χ1n) is 7.31. The van der Waals surface area contributed by atoms with Crippen LogP contribution in [0.1, 0.15) is 18.3 Å². The van der Waals surface area contributed by atoms with E-state index in [9.17, 15) is 5.26 Å². The summed E-state index contributed by atoms with van der Waals surface area (Å²) in [5, 5.41) is 9.52. The van der Waals surface area contributed by atoms with Gasteiger partial charge in [-0.25, -0.2) is 4.98 Å². The minimum absolute atomic E-state index is 0.467. The third-order valence-corrected chi connectivity index (χ3v) is 4.56. The van der Waals surface area contributed by atoms with Crippen molar-refractivity contribution in [1.82, 2.24) is 9.97 Å². The van der Waals surface area contributed by atoms with Gasteiger partial charge in [0.2, 0.25) is 0 Å². The molecule has 1 N–H and O–H groups in total. The Morgan fingerprint density at radius 2 is 2.00 bits per heavy atom. The van der Waals surface area contributed by atoms with Crippen molar-refractivity contribution in [3.8, 4) is 11.8 Å². The molecule has 4 nitrogen and oxygen atoms in total. The summed E-state index contributed by atoms with van der Waals surface area (Å²) in [6, 6.07) is 13.7. The van der Waals surface area contributed by atoms with E-state index in [2.05, 4.69) is 47.9 Å². The largest absolute Gasteiger partial charge is 0.492 e. The summed E-state index contributed by atoms with van der Waals surface area (Å²) in [5.41, 5.74) is 3.08. The number of para-hydroxylation sites is 2. The number of halogens is 2.